The number of hydrogen-bond acceptors (Lipinski definition) is 5. The van der Waals surface area contributed by atoms with Crippen molar-refractivity contribution in [3.8, 4) is 0 Å². The second-order valence-corrected chi connectivity index (χ2v) is 6.74. The Morgan fingerprint density at radius 1 is 1.21 bits per heavy atom. The molecule has 1 heterocycles. The molecule has 0 saturated heterocycles. The lowest BCUT2D eigenvalue weighted by Gasteiger charge is -2.19. The molecular formula is C16H19ClN2O5. The van der Waals surface area contributed by atoms with Gasteiger partial charge in [-0.25, -0.2) is 14.4 Å². The standard InChI is InChI=1S/C16H19ClN2O5/c1-9(13(20)23-5)18-12-8-10(17)6-7-11(12)19(14(18)21)15(22)24-16(2,3)4/h6-9H,1-5H3. The average Bonchev–Trinajstić information content (AvgIpc) is 2.75. The third-order valence-electron chi connectivity index (χ3n) is 3.34. The van der Waals surface area contributed by atoms with E-state index >= 15 is 0 Å². The van der Waals surface area contributed by atoms with Crippen molar-refractivity contribution in [1.29, 1.82) is 0 Å². The van der Waals surface area contributed by atoms with Gasteiger partial charge in [0.05, 0.1) is 18.1 Å². The van der Waals surface area contributed by atoms with Crippen LogP contribution in [-0.2, 0) is 14.3 Å². The van der Waals surface area contributed by atoms with Crippen LogP contribution in [-0.4, -0.2) is 33.9 Å². The number of rotatable bonds is 2. The van der Waals surface area contributed by atoms with E-state index in [0.29, 0.717) is 16.1 Å². The van der Waals surface area contributed by atoms with Crippen LogP contribution in [0.2, 0.25) is 5.02 Å². The van der Waals surface area contributed by atoms with Crippen molar-refractivity contribution in [2.24, 2.45) is 0 Å². The van der Waals surface area contributed by atoms with E-state index < -0.39 is 29.4 Å². The highest BCUT2D eigenvalue weighted by Gasteiger charge is 2.28. The molecule has 0 aliphatic heterocycles. The van der Waals surface area contributed by atoms with E-state index in [1.165, 1.54) is 26.2 Å². The number of carbonyl (C=O) groups excluding carboxylic acids is 2. The fourth-order valence-corrected chi connectivity index (χ4v) is 2.49. The molecule has 24 heavy (non-hydrogen) atoms. The van der Waals surface area contributed by atoms with Crippen molar-refractivity contribution < 1.29 is 19.1 Å². The third kappa shape index (κ3) is 3.31. The van der Waals surface area contributed by atoms with E-state index in [-0.39, 0.29) is 0 Å². The lowest BCUT2D eigenvalue weighted by molar-refractivity contribution is -0.144. The highest BCUT2D eigenvalue weighted by molar-refractivity contribution is 6.31. The summed E-state index contributed by atoms with van der Waals surface area (Å²) in [6, 6.07) is 3.67. The molecule has 1 unspecified atom stereocenters. The summed E-state index contributed by atoms with van der Waals surface area (Å²) in [6.07, 6.45) is -0.823. The van der Waals surface area contributed by atoms with Gasteiger partial charge in [0.15, 0.2) is 0 Å². The van der Waals surface area contributed by atoms with Gasteiger partial charge in [0.1, 0.15) is 11.6 Å². The molecule has 0 N–H and O–H groups in total. The second-order valence-electron chi connectivity index (χ2n) is 6.30. The van der Waals surface area contributed by atoms with Crippen molar-refractivity contribution >= 4 is 34.7 Å². The molecule has 0 fully saturated rings. The predicted octanol–water partition coefficient (Wildman–Crippen LogP) is 2.97. The smallest absolute Gasteiger partial charge is 0.423 e. The highest BCUT2D eigenvalue weighted by atomic mass is 35.5. The van der Waals surface area contributed by atoms with E-state index in [1.54, 1.807) is 26.8 Å². The van der Waals surface area contributed by atoms with Crippen LogP contribution in [0.3, 0.4) is 0 Å². The Balaban J connectivity index is 2.74. The normalized spacial score (nSPS) is 12.9. The summed E-state index contributed by atoms with van der Waals surface area (Å²) in [5, 5.41) is 0.370. The maximum Gasteiger partial charge on any atom is 0.423 e. The molecule has 130 valence electrons. The van der Waals surface area contributed by atoms with Crippen molar-refractivity contribution in [2.45, 2.75) is 39.3 Å². The number of benzene rings is 1. The Morgan fingerprint density at radius 3 is 2.38 bits per heavy atom. The van der Waals surface area contributed by atoms with Gasteiger partial charge in [-0.15, -0.1) is 0 Å². The lowest BCUT2D eigenvalue weighted by Crippen LogP contribution is -2.36. The molecule has 1 atom stereocenters. The van der Waals surface area contributed by atoms with Gasteiger partial charge in [0, 0.05) is 5.02 Å². The minimum Gasteiger partial charge on any atom is -0.467 e. The summed E-state index contributed by atoms with van der Waals surface area (Å²) < 4.78 is 12.0. The number of hydrogen-bond donors (Lipinski definition) is 0. The molecule has 1 aromatic heterocycles. The van der Waals surface area contributed by atoms with Crippen molar-refractivity contribution in [1.82, 2.24) is 9.13 Å². The largest absolute Gasteiger partial charge is 0.467 e. The molecule has 0 amide bonds. The number of imidazole rings is 1. The number of fused-ring (bicyclic) bond motifs is 1. The summed E-state index contributed by atoms with van der Waals surface area (Å²) in [7, 11) is 1.23. The molecular weight excluding hydrogens is 336 g/mol. The zero-order valence-corrected chi connectivity index (χ0v) is 14.9. The Bertz CT molecular complexity index is 860. The van der Waals surface area contributed by atoms with E-state index in [2.05, 4.69) is 0 Å². The van der Waals surface area contributed by atoms with Gasteiger partial charge in [-0.1, -0.05) is 11.6 Å². The Morgan fingerprint density at radius 2 is 1.83 bits per heavy atom. The fraction of sp³-hybridized carbons (Fsp3) is 0.438. The van der Waals surface area contributed by atoms with Crippen LogP contribution >= 0.6 is 11.6 Å². The molecule has 1 aromatic carbocycles. The zero-order chi connectivity index (χ0) is 18.2. The van der Waals surface area contributed by atoms with Crippen LogP contribution in [0.15, 0.2) is 23.0 Å². The molecule has 0 bridgehead atoms. The second kappa shape index (κ2) is 6.32. The van der Waals surface area contributed by atoms with Crippen LogP contribution in [0.25, 0.3) is 11.0 Å². The first kappa shape index (κ1) is 18.1. The lowest BCUT2D eigenvalue weighted by atomic mass is 10.2. The fourth-order valence-electron chi connectivity index (χ4n) is 2.33. The quantitative estimate of drug-likeness (QED) is 0.774. The number of esters is 1. The zero-order valence-electron chi connectivity index (χ0n) is 14.1. The Hall–Kier alpha value is -2.28. The highest BCUT2D eigenvalue weighted by Crippen LogP contribution is 2.23. The van der Waals surface area contributed by atoms with E-state index in [9.17, 15) is 14.4 Å². The SMILES string of the molecule is COC(=O)C(C)n1c(=O)n(C(=O)OC(C)(C)C)c2ccc(Cl)cc21. The summed E-state index contributed by atoms with van der Waals surface area (Å²) >= 11 is 6.00. The third-order valence-corrected chi connectivity index (χ3v) is 3.58. The van der Waals surface area contributed by atoms with Crippen LogP contribution in [0.5, 0.6) is 0 Å². The molecule has 2 rings (SSSR count). The van der Waals surface area contributed by atoms with E-state index in [1.807, 2.05) is 0 Å². The van der Waals surface area contributed by atoms with Crippen molar-refractivity contribution in [3.63, 3.8) is 0 Å². The van der Waals surface area contributed by atoms with Gasteiger partial charge in [0.2, 0.25) is 0 Å². The number of methoxy groups -OCH3 is 1. The number of aromatic nitrogens is 2. The first-order valence-electron chi connectivity index (χ1n) is 7.30. The number of nitrogens with zero attached hydrogens (tertiary/aromatic N) is 2. The molecule has 8 heteroatoms. The van der Waals surface area contributed by atoms with E-state index in [4.69, 9.17) is 21.1 Å². The monoisotopic (exact) mass is 354 g/mol. The maximum absolute atomic E-state index is 12.8. The van der Waals surface area contributed by atoms with Crippen LogP contribution < -0.4 is 5.69 Å². The first-order chi connectivity index (χ1) is 11.1. The summed E-state index contributed by atoms with van der Waals surface area (Å²) in [5.74, 6) is -0.611. The molecule has 0 aliphatic rings. The maximum atomic E-state index is 12.8. The first-order valence-corrected chi connectivity index (χ1v) is 7.68. The Kier molecular flexibility index (Phi) is 4.75. The summed E-state index contributed by atoms with van der Waals surface area (Å²) in [5.41, 5.74) is -0.823. The molecule has 0 aliphatic carbocycles. The summed E-state index contributed by atoms with van der Waals surface area (Å²) in [4.78, 5) is 37.1. The predicted molar refractivity (Wildman–Crippen MR) is 89.6 cm³/mol. The van der Waals surface area contributed by atoms with Gasteiger partial charge in [-0.3, -0.25) is 4.57 Å². The Labute approximate surface area is 143 Å². The topological polar surface area (TPSA) is 79.5 Å². The molecule has 0 radical (unpaired) electrons. The molecule has 2 aromatic rings. The van der Waals surface area contributed by atoms with Crippen LogP contribution in [0.1, 0.15) is 33.7 Å². The van der Waals surface area contributed by atoms with Gasteiger partial charge < -0.3 is 9.47 Å². The number of carbonyl (C=O) groups is 2. The number of halogens is 1. The van der Waals surface area contributed by atoms with Crippen LogP contribution in [0.4, 0.5) is 4.79 Å². The van der Waals surface area contributed by atoms with Crippen LogP contribution in [0, 0.1) is 0 Å². The number of ether oxygens (including phenoxy) is 2. The summed E-state index contributed by atoms with van der Waals surface area (Å²) in [6.45, 7) is 6.60. The average molecular weight is 355 g/mol. The minimum absolute atomic E-state index is 0.300. The van der Waals surface area contributed by atoms with Gasteiger partial charge in [0.25, 0.3) is 0 Å². The van der Waals surface area contributed by atoms with Gasteiger partial charge in [-0.2, -0.15) is 4.57 Å². The van der Waals surface area contributed by atoms with Crippen molar-refractivity contribution in [3.05, 3.63) is 33.7 Å². The van der Waals surface area contributed by atoms with Gasteiger partial charge in [-0.05, 0) is 45.9 Å². The van der Waals surface area contributed by atoms with E-state index in [0.717, 1.165) is 9.13 Å². The molecule has 0 spiro atoms. The molecule has 7 nitrogen and oxygen atoms in total. The van der Waals surface area contributed by atoms with Gasteiger partial charge >= 0.3 is 17.8 Å². The molecule has 0 saturated carbocycles. The minimum atomic E-state index is -0.924. The van der Waals surface area contributed by atoms with Crippen molar-refractivity contribution in [2.75, 3.05) is 7.11 Å².